The van der Waals surface area contributed by atoms with Gasteiger partial charge in [0.2, 0.25) is 5.91 Å². The Hall–Kier alpha value is -1.99. The molecule has 1 aromatic rings. The van der Waals surface area contributed by atoms with Crippen LogP contribution in [0, 0.1) is 17.0 Å². The van der Waals surface area contributed by atoms with Crippen LogP contribution in [-0.4, -0.2) is 30.6 Å². The van der Waals surface area contributed by atoms with Crippen LogP contribution in [0.5, 0.6) is 0 Å². The third kappa shape index (κ3) is 4.60. The lowest BCUT2D eigenvalue weighted by atomic mass is 10.1. The summed E-state index contributed by atoms with van der Waals surface area (Å²) in [4.78, 5) is 22.0. The van der Waals surface area contributed by atoms with E-state index in [1.165, 1.54) is 18.2 Å². The van der Waals surface area contributed by atoms with Crippen molar-refractivity contribution in [2.75, 3.05) is 19.0 Å². The number of carbonyl (C=O) groups is 1. The lowest BCUT2D eigenvalue weighted by molar-refractivity contribution is -0.384. The second kappa shape index (κ2) is 7.56. The average Bonchev–Trinajstić information content (AvgIpc) is 2.40. The smallest absolute Gasteiger partial charge is 0.269 e. The number of nitrogens with one attached hydrogen (secondary N) is 1. The molecule has 0 saturated heterocycles. The number of carbonyl (C=O) groups excluding carboxylic acids is 1. The Balaban J connectivity index is 2.64. The van der Waals surface area contributed by atoms with Crippen molar-refractivity contribution in [1.29, 1.82) is 0 Å². The molecular weight excluding hydrogens is 262 g/mol. The molecule has 1 amide bonds. The van der Waals surface area contributed by atoms with Crippen LogP contribution < -0.4 is 11.1 Å². The highest BCUT2D eigenvalue weighted by Gasteiger charge is 2.15. The summed E-state index contributed by atoms with van der Waals surface area (Å²) >= 11 is 0. The lowest BCUT2D eigenvalue weighted by Gasteiger charge is -2.13. The monoisotopic (exact) mass is 281 g/mol. The van der Waals surface area contributed by atoms with Crippen LogP contribution in [0.2, 0.25) is 0 Å². The number of nitrogens with two attached hydrogens (primary N) is 1. The molecule has 0 aliphatic rings. The van der Waals surface area contributed by atoms with Crippen molar-refractivity contribution >= 4 is 17.3 Å². The Bertz CT molecular complexity index is 491. The maximum absolute atomic E-state index is 11.9. The summed E-state index contributed by atoms with van der Waals surface area (Å²) in [6.45, 7) is 2.25. The fraction of sp³-hybridized carbons (Fsp3) is 0.462. The van der Waals surface area contributed by atoms with Gasteiger partial charge in [0.05, 0.1) is 11.0 Å². The maximum atomic E-state index is 11.9. The number of ether oxygens (including phenoxy) is 1. The normalized spacial score (nSPS) is 11.9. The molecule has 0 radical (unpaired) electrons. The Kier molecular flexibility index (Phi) is 6.08. The topological polar surface area (TPSA) is 107 Å². The van der Waals surface area contributed by atoms with Gasteiger partial charge in [0, 0.05) is 31.5 Å². The molecule has 0 heterocycles. The van der Waals surface area contributed by atoms with E-state index in [1.54, 1.807) is 14.0 Å². The number of amides is 1. The molecule has 0 aromatic heterocycles. The van der Waals surface area contributed by atoms with Gasteiger partial charge in [-0.15, -0.1) is 0 Å². The van der Waals surface area contributed by atoms with E-state index in [-0.39, 0.29) is 11.6 Å². The van der Waals surface area contributed by atoms with Crippen molar-refractivity contribution in [3.8, 4) is 0 Å². The molecule has 0 spiro atoms. The van der Waals surface area contributed by atoms with Crippen LogP contribution >= 0.6 is 0 Å². The van der Waals surface area contributed by atoms with E-state index in [4.69, 9.17) is 10.5 Å². The van der Waals surface area contributed by atoms with E-state index in [0.29, 0.717) is 30.7 Å². The van der Waals surface area contributed by atoms with Crippen LogP contribution in [0.1, 0.15) is 18.4 Å². The number of nitro groups is 1. The molecule has 0 saturated carbocycles. The van der Waals surface area contributed by atoms with Gasteiger partial charge in [-0.3, -0.25) is 14.9 Å². The molecule has 3 N–H and O–H groups in total. The van der Waals surface area contributed by atoms with E-state index >= 15 is 0 Å². The van der Waals surface area contributed by atoms with E-state index in [1.807, 2.05) is 0 Å². The third-order valence-corrected chi connectivity index (χ3v) is 2.88. The Morgan fingerprint density at radius 3 is 2.80 bits per heavy atom. The summed E-state index contributed by atoms with van der Waals surface area (Å²) in [7, 11) is 1.59. The summed E-state index contributed by atoms with van der Waals surface area (Å²) in [6.07, 6.45) is 1.22. The minimum Gasteiger partial charge on any atom is -0.385 e. The highest BCUT2D eigenvalue weighted by molar-refractivity contribution is 5.95. The fourth-order valence-electron chi connectivity index (χ4n) is 1.71. The van der Waals surface area contributed by atoms with Crippen LogP contribution in [0.3, 0.4) is 0 Å². The molecule has 110 valence electrons. The first-order valence-electron chi connectivity index (χ1n) is 6.26. The predicted octanol–water partition coefficient (Wildman–Crippen LogP) is 1.60. The predicted molar refractivity (Wildman–Crippen MR) is 75.5 cm³/mol. The van der Waals surface area contributed by atoms with Crippen molar-refractivity contribution < 1.29 is 14.5 Å². The Labute approximate surface area is 117 Å². The number of rotatable bonds is 7. The number of anilines is 1. The minimum absolute atomic E-state index is 0.00936. The summed E-state index contributed by atoms with van der Waals surface area (Å²) in [5.41, 5.74) is 6.90. The Morgan fingerprint density at radius 1 is 1.55 bits per heavy atom. The summed E-state index contributed by atoms with van der Waals surface area (Å²) in [5.74, 6) is -0.307. The van der Waals surface area contributed by atoms with Crippen LogP contribution in [0.4, 0.5) is 11.4 Å². The standard InChI is InChI=1S/C13H19N3O4/c1-9-8-10(16(18)19)5-6-12(9)15-13(17)11(14)4-3-7-20-2/h5-6,8,11H,3-4,7,14H2,1-2H3,(H,15,17). The molecule has 1 atom stereocenters. The number of hydrogen-bond donors (Lipinski definition) is 2. The first-order valence-corrected chi connectivity index (χ1v) is 6.26. The van der Waals surface area contributed by atoms with E-state index in [2.05, 4.69) is 5.32 Å². The van der Waals surface area contributed by atoms with Gasteiger partial charge in [0.15, 0.2) is 0 Å². The van der Waals surface area contributed by atoms with E-state index in [0.717, 1.165) is 0 Å². The van der Waals surface area contributed by atoms with Crippen molar-refractivity contribution in [3.63, 3.8) is 0 Å². The van der Waals surface area contributed by atoms with Gasteiger partial charge in [0.25, 0.3) is 5.69 Å². The number of non-ortho nitro benzene ring substituents is 1. The van der Waals surface area contributed by atoms with Gasteiger partial charge < -0.3 is 15.8 Å². The molecule has 7 nitrogen and oxygen atoms in total. The highest BCUT2D eigenvalue weighted by atomic mass is 16.6. The second-order valence-electron chi connectivity index (χ2n) is 4.49. The molecule has 7 heteroatoms. The number of hydrogen-bond acceptors (Lipinski definition) is 5. The van der Waals surface area contributed by atoms with Gasteiger partial charge in [-0.1, -0.05) is 0 Å². The lowest BCUT2D eigenvalue weighted by Crippen LogP contribution is -2.35. The zero-order valence-electron chi connectivity index (χ0n) is 11.6. The summed E-state index contributed by atoms with van der Waals surface area (Å²) in [6, 6.07) is 3.64. The van der Waals surface area contributed by atoms with Gasteiger partial charge in [-0.2, -0.15) is 0 Å². The van der Waals surface area contributed by atoms with E-state index in [9.17, 15) is 14.9 Å². The van der Waals surface area contributed by atoms with Gasteiger partial charge in [0.1, 0.15) is 0 Å². The fourth-order valence-corrected chi connectivity index (χ4v) is 1.71. The molecule has 0 aliphatic heterocycles. The molecule has 0 aliphatic carbocycles. The van der Waals surface area contributed by atoms with Crippen molar-refractivity contribution in [2.24, 2.45) is 5.73 Å². The van der Waals surface area contributed by atoms with Gasteiger partial charge >= 0.3 is 0 Å². The van der Waals surface area contributed by atoms with Gasteiger partial charge in [-0.25, -0.2) is 0 Å². The number of nitro benzene ring substituents is 1. The zero-order chi connectivity index (χ0) is 15.1. The molecular formula is C13H19N3O4. The third-order valence-electron chi connectivity index (χ3n) is 2.88. The second-order valence-corrected chi connectivity index (χ2v) is 4.49. The van der Waals surface area contributed by atoms with Crippen LogP contribution in [0.15, 0.2) is 18.2 Å². The largest absolute Gasteiger partial charge is 0.385 e. The van der Waals surface area contributed by atoms with E-state index < -0.39 is 11.0 Å². The first-order chi connectivity index (χ1) is 9.45. The highest BCUT2D eigenvalue weighted by Crippen LogP contribution is 2.21. The maximum Gasteiger partial charge on any atom is 0.269 e. The first kappa shape index (κ1) is 16.1. The summed E-state index contributed by atoms with van der Waals surface area (Å²) in [5, 5.41) is 13.3. The molecule has 1 rings (SSSR count). The zero-order valence-corrected chi connectivity index (χ0v) is 11.6. The molecule has 1 unspecified atom stereocenters. The molecule has 0 bridgehead atoms. The SMILES string of the molecule is COCCCC(N)C(=O)Nc1ccc([N+](=O)[O-])cc1C. The quantitative estimate of drug-likeness (QED) is 0.448. The average molecular weight is 281 g/mol. The number of aryl methyl sites for hydroxylation is 1. The van der Waals surface area contributed by atoms with Gasteiger partial charge in [-0.05, 0) is 31.4 Å². The van der Waals surface area contributed by atoms with Crippen LogP contribution in [0.25, 0.3) is 0 Å². The molecule has 20 heavy (non-hydrogen) atoms. The number of benzene rings is 1. The Morgan fingerprint density at radius 2 is 2.25 bits per heavy atom. The number of nitrogens with zero attached hydrogens (tertiary/aromatic N) is 1. The molecule has 0 fully saturated rings. The van der Waals surface area contributed by atoms with Crippen molar-refractivity contribution in [1.82, 2.24) is 0 Å². The summed E-state index contributed by atoms with van der Waals surface area (Å²) < 4.78 is 4.89. The number of methoxy groups -OCH3 is 1. The molecule has 1 aromatic carbocycles. The minimum atomic E-state index is -0.625. The van der Waals surface area contributed by atoms with Crippen molar-refractivity contribution in [3.05, 3.63) is 33.9 Å². The van der Waals surface area contributed by atoms with Crippen molar-refractivity contribution in [2.45, 2.75) is 25.8 Å². The van der Waals surface area contributed by atoms with Crippen LogP contribution in [-0.2, 0) is 9.53 Å².